The van der Waals surface area contributed by atoms with Gasteiger partial charge in [-0.2, -0.15) is 0 Å². The van der Waals surface area contributed by atoms with Gasteiger partial charge in [0.2, 0.25) is 0 Å². The molecule has 4 heterocycles. The van der Waals surface area contributed by atoms with Gasteiger partial charge in [-0.05, 0) is 78.2 Å². The van der Waals surface area contributed by atoms with E-state index in [4.69, 9.17) is 10.5 Å². The van der Waals surface area contributed by atoms with Gasteiger partial charge in [0.1, 0.15) is 6.10 Å². The summed E-state index contributed by atoms with van der Waals surface area (Å²) in [7, 11) is 0. The number of nitrogens with zero attached hydrogens (tertiary/aromatic N) is 2. The van der Waals surface area contributed by atoms with Gasteiger partial charge in [0, 0.05) is 54.8 Å². The molecule has 2 bridgehead atoms. The molecule has 8 rings (SSSR count). The second-order valence-electron chi connectivity index (χ2n) is 13.5. The molecule has 206 valence electrons. The van der Waals surface area contributed by atoms with Gasteiger partial charge >= 0.3 is 0 Å². The van der Waals surface area contributed by atoms with Gasteiger partial charge in [0.05, 0.1) is 23.4 Å². The summed E-state index contributed by atoms with van der Waals surface area (Å²) in [5.74, 6) is 0.164. The molecule has 1 aromatic heterocycles. The third-order valence-electron chi connectivity index (χ3n) is 11.6. The maximum atomic E-state index is 11.6. The molecule has 2 spiro atoms. The van der Waals surface area contributed by atoms with E-state index in [0.29, 0.717) is 12.8 Å². The molecule has 3 aliphatic heterocycles. The van der Waals surface area contributed by atoms with Crippen LogP contribution in [0.15, 0.2) is 60.0 Å². The Morgan fingerprint density at radius 3 is 2.82 bits per heavy atom. The number of nitrogens with two attached hydrogens (primary N) is 1. The Kier molecular flexibility index (Phi) is 5.19. The van der Waals surface area contributed by atoms with Gasteiger partial charge in [0.25, 0.3) is 0 Å². The average Bonchev–Trinajstić information content (AvgIpc) is 3.58. The van der Waals surface area contributed by atoms with Crippen molar-refractivity contribution in [3.8, 4) is 0 Å². The smallest absolute Gasteiger partial charge is 0.105 e. The first-order chi connectivity index (χ1) is 18.7. The maximum Gasteiger partial charge on any atom is 0.105 e. The summed E-state index contributed by atoms with van der Waals surface area (Å²) in [6.45, 7) is 3.93. The zero-order valence-electron chi connectivity index (χ0n) is 22.5. The van der Waals surface area contributed by atoms with Crippen LogP contribution in [-0.2, 0) is 4.74 Å². The average molecular weight is 530 g/mol. The molecule has 2 saturated carbocycles. The highest BCUT2D eigenvalue weighted by Gasteiger charge is 2.69. The zero-order valence-corrected chi connectivity index (χ0v) is 22.5. The second kappa shape index (κ2) is 8.21. The van der Waals surface area contributed by atoms with Gasteiger partial charge in [-0.25, -0.2) is 0 Å². The number of ether oxygens (including phenoxy) is 1. The van der Waals surface area contributed by atoms with Crippen LogP contribution < -0.4 is 5.73 Å². The van der Waals surface area contributed by atoms with Crippen molar-refractivity contribution in [2.75, 3.05) is 13.1 Å². The van der Waals surface area contributed by atoms with Gasteiger partial charge < -0.3 is 25.8 Å². The number of hydrogen-bond acceptors (Lipinski definition) is 7. The molecule has 1 aromatic carbocycles. The van der Waals surface area contributed by atoms with Crippen molar-refractivity contribution in [1.29, 1.82) is 0 Å². The Labute approximate surface area is 229 Å². The quantitative estimate of drug-likeness (QED) is 0.473. The van der Waals surface area contributed by atoms with E-state index in [1.165, 1.54) is 5.56 Å². The molecular weight excluding hydrogens is 490 g/mol. The highest BCUT2D eigenvalue weighted by molar-refractivity contribution is 5.82. The second-order valence-corrected chi connectivity index (χ2v) is 13.5. The number of rotatable bonds is 2. The first-order valence-corrected chi connectivity index (χ1v) is 14.7. The van der Waals surface area contributed by atoms with Gasteiger partial charge in [-0.15, -0.1) is 0 Å². The number of aromatic nitrogens is 1. The number of allylic oxidation sites excluding steroid dienone is 1. The molecule has 39 heavy (non-hydrogen) atoms. The van der Waals surface area contributed by atoms with Crippen LogP contribution in [0.2, 0.25) is 0 Å². The molecule has 0 amide bonds. The van der Waals surface area contributed by atoms with Gasteiger partial charge in [-0.3, -0.25) is 9.88 Å². The number of benzene rings is 1. The fraction of sp³-hybridized carbons (Fsp3) is 0.594. The number of fused-ring (bicyclic) bond motifs is 2. The molecule has 2 saturated heterocycles. The van der Waals surface area contributed by atoms with E-state index in [-0.39, 0.29) is 29.3 Å². The van der Waals surface area contributed by atoms with Crippen molar-refractivity contribution in [1.82, 2.24) is 9.88 Å². The number of aliphatic hydroxyl groups is 3. The fourth-order valence-corrected chi connectivity index (χ4v) is 9.80. The Hall–Kier alpha value is -2.13. The summed E-state index contributed by atoms with van der Waals surface area (Å²) >= 11 is 0. The Morgan fingerprint density at radius 1 is 1.13 bits per heavy atom. The van der Waals surface area contributed by atoms with Crippen LogP contribution in [0, 0.1) is 11.3 Å². The van der Waals surface area contributed by atoms with E-state index < -0.39 is 29.5 Å². The third-order valence-corrected chi connectivity index (χ3v) is 11.6. The topological polar surface area (TPSA) is 112 Å². The molecule has 0 radical (unpaired) electrons. The van der Waals surface area contributed by atoms with Gasteiger partial charge in [0.15, 0.2) is 0 Å². The van der Waals surface area contributed by atoms with Crippen LogP contribution in [0.25, 0.3) is 10.8 Å². The van der Waals surface area contributed by atoms with E-state index in [9.17, 15) is 15.3 Å². The monoisotopic (exact) mass is 529 g/mol. The first kappa shape index (κ1) is 24.6. The molecule has 7 heteroatoms. The van der Waals surface area contributed by atoms with Crippen molar-refractivity contribution in [2.45, 2.75) is 93.0 Å². The van der Waals surface area contributed by atoms with Crippen LogP contribution in [-0.4, -0.2) is 79.9 Å². The summed E-state index contributed by atoms with van der Waals surface area (Å²) < 4.78 is 7.31. The molecular formula is C32H39N3O4. The van der Waals surface area contributed by atoms with Crippen molar-refractivity contribution in [2.24, 2.45) is 17.1 Å². The van der Waals surface area contributed by atoms with Gasteiger partial charge in [-0.1, -0.05) is 31.2 Å². The fourth-order valence-electron chi connectivity index (χ4n) is 9.80. The molecule has 4 fully saturated rings. The SMILES string of the molecule is C[C@]12CC=C3C=C4[C@@H](O)[C@@H](O)[C@@H](N5CC[C@@H](N)C5)C[C@]45CCC3(O5)[C@@H]1C[C@@H](O)[C@@H]2c1ccc2ccncc2c1. The Morgan fingerprint density at radius 2 is 2.00 bits per heavy atom. The number of aliphatic hydroxyl groups excluding tert-OH is 3. The molecule has 2 aromatic rings. The van der Waals surface area contributed by atoms with E-state index >= 15 is 0 Å². The molecule has 7 nitrogen and oxygen atoms in total. The summed E-state index contributed by atoms with van der Waals surface area (Å²) in [5, 5.41) is 36.5. The summed E-state index contributed by atoms with van der Waals surface area (Å²) in [6, 6.07) is 8.51. The number of likely N-dealkylation sites (tertiary alicyclic amines) is 1. The number of pyridine rings is 1. The number of hydrogen-bond donors (Lipinski definition) is 4. The normalized spacial score (nSPS) is 46.9. The van der Waals surface area contributed by atoms with Crippen molar-refractivity contribution in [3.05, 3.63) is 65.5 Å². The van der Waals surface area contributed by atoms with E-state index in [1.807, 2.05) is 18.5 Å². The first-order valence-electron chi connectivity index (χ1n) is 14.7. The van der Waals surface area contributed by atoms with Crippen LogP contribution >= 0.6 is 0 Å². The maximum absolute atomic E-state index is 11.6. The lowest BCUT2D eigenvalue weighted by molar-refractivity contribution is -0.167. The molecule has 5 N–H and O–H groups in total. The van der Waals surface area contributed by atoms with Crippen LogP contribution in [0.5, 0.6) is 0 Å². The van der Waals surface area contributed by atoms with Crippen LogP contribution in [0.4, 0.5) is 0 Å². The summed E-state index contributed by atoms with van der Waals surface area (Å²) in [4.78, 5) is 6.59. The van der Waals surface area contributed by atoms with Crippen molar-refractivity contribution in [3.63, 3.8) is 0 Å². The lowest BCUT2D eigenvalue weighted by atomic mass is 9.58. The molecule has 1 unspecified atom stereocenters. The van der Waals surface area contributed by atoms with Crippen molar-refractivity contribution < 1.29 is 20.1 Å². The predicted molar refractivity (Wildman–Crippen MR) is 148 cm³/mol. The highest BCUT2D eigenvalue weighted by atomic mass is 16.5. The lowest BCUT2D eigenvalue weighted by Crippen LogP contribution is -2.62. The Bertz CT molecular complexity index is 1410. The zero-order chi connectivity index (χ0) is 26.7. The molecule has 6 aliphatic rings. The minimum Gasteiger partial charge on any atom is -0.392 e. The van der Waals surface area contributed by atoms with E-state index in [2.05, 4.69) is 47.2 Å². The minimum absolute atomic E-state index is 0.00223. The van der Waals surface area contributed by atoms with E-state index in [1.54, 1.807) is 0 Å². The van der Waals surface area contributed by atoms with Crippen molar-refractivity contribution >= 4 is 10.8 Å². The van der Waals surface area contributed by atoms with E-state index in [0.717, 1.165) is 60.7 Å². The molecule has 10 atom stereocenters. The molecule has 3 aliphatic carbocycles. The largest absolute Gasteiger partial charge is 0.392 e. The van der Waals surface area contributed by atoms with Crippen LogP contribution in [0.3, 0.4) is 0 Å². The predicted octanol–water partition coefficient (Wildman–Crippen LogP) is 2.79. The third kappa shape index (κ3) is 3.23. The van der Waals surface area contributed by atoms with Crippen LogP contribution in [0.1, 0.15) is 56.9 Å². The highest BCUT2D eigenvalue weighted by Crippen LogP contribution is 2.69. The summed E-state index contributed by atoms with van der Waals surface area (Å²) in [5.41, 5.74) is 8.15. The Balaban J connectivity index is 1.18. The lowest BCUT2D eigenvalue weighted by Gasteiger charge is -2.56. The minimum atomic E-state index is -0.945. The standard InChI is InChI=1S/C32H39N3O4/c1-30-7-4-21-13-23-28(37)29(38)24(35-11-6-22(33)17-35)15-31(23)8-9-32(21,39-31)26(30)14-25(36)27(30)19-3-2-18-5-10-34-16-20(18)12-19/h2-5,10,12-13,16,22,24-29,36-38H,6-9,11,14-15,17,33H2,1H3/t22-,24+,25-,26-,27+,28-,29+,30+,31-,32?/m1/s1. The summed E-state index contributed by atoms with van der Waals surface area (Å²) in [6.07, 6.45) is 10.8.